The lowest BCUT2D eigenvalue weighted by Gasteiger charge is -2.11. The summed E-state index contributed by atoms with van der Waals surface area (Å²) >= 11 is 1.89. The van der Waals surface area contributed by atoms with Crippen LogP contribution >= 0.6 is 11.3 Å². The lowest BCUT2D eigenvalue weighted by atomic mass is 9.98. The van der Waals surface area contributed by atoms with Gasteiger partial charge in [0.05, 0.1) is 5.69 Å². The minimum atomic E-state index is 0.957. The van der Waals surface area contributed by atoms with E-state index < -0.39 is 0 Å². The molecule has 23 heavy (non-hydrogen) atoms. The Hall–Kier alpha value is -1.97. The van der Waals surface area contributed by atoms with E-state index in [0.717, 1.165) is 24.2 Å². The Balaban J connectivity index is 2.12. The van der Waals surface area contributed by atoms with E-state index in [2.05, 4.69) is 55.7 Å². The van der Waals surface area contributed by atoms with Crippen molar-refractivity contribution in [2.24, 2.45) is 0 Å². The number of aromatic nitrogens is 1. The van der Waals surface area contributed by atoms with Crippen molar-refractivity contribution in [1.29, 1.82) is 0 Å². The van der Waals surface area contributed by atoms with Gasteiger partial charge >= 0.3 is 0 Å². The third-order valence-electron chi connectivity index (χ3n) is 3.98. The van der Waals surface area contributed by atoms with Crippen LogP contribution in [0.4, 0.5) is 0 Å². The second-order valence-electron chi connectivity index (χ2n) is 6.15. The number of hydrogen-bond acceptors (Lipinski definition) is 3. The quantitative estimate of drug-likeness (QED) is 0.672. The Kier molecular flexibility index (Phi) is 4.60. The molecule has 0 fully saturated rings. The molecule has 0 bridgehead atoms. The van der Waals surface area contributed by atoms with Gasteiger partial charge in [-0.1, -0.05) is 24.8 Å². The first-order valence-electron chi connectivity index (χ1n) is 7.83. The normalized spacial score (nSPS) is 11.3. The fourth-order valence-electron chi connectivity index (χ4n) is 2.76. The van der Waals surface area contributed by atoms with Gasteiger partial charge in [0.2, 0.25) is 0 Å². The SMILES string of the molecule is C=C(c1ccccn1)c1c(CCN(C)C)sc2cc(C)ccc12. The summed E-state index contributed by atoms with van der Waals surface area (Å²) in [6.07, 6.45) is 2.87. The monoisotopic (exact) mass is 322 g/mol. The smallest absolute Gasteiger partial charge is 0.0702 e. The summed E-state index contributed by atoms with van der Waals surface area (Å²) in [5, 5.41) is 1.30. The minimum Gasteiger partial charge on any atom is -0.309 e. The van der Waals surface area contributed by atoms with Gasteiger partial charge in [-0.05, 0) is 51.2 Å². The van der Waals surface area contributed by atoms with E-state index in [9.17, 15) is 0 Å². The molecule has 0 radical (unpaired) electrons. The van der Waals surface area contributed by atoms with Crippen molar-refractivity contribution in [1.82, 2.24) is 9.88 Å². The summed E-state index contributed by atoms with van der Waals surface area (Å²) in [5.41, 5.74) is 4.55. The largest absolute Gasteiger partial charge is 0.309 e. The first-order valence-corrected chi connectivity index (χ1v) is 8.65. The van der Waals surface area contributed by atoms with Gasteiger partial charge in [-0.2, -0.15) is 0 Å². The van der Waals surface area contributed by atoms with Crippen LogP contribution < -0.4 is 0 Å². The molecule has 1 aromatic carbocycles. The van der Waals surface area contributed by atoms with Crippen molar-refractivity contribution in [3.63, 3.8) is 0 Å². The van der Waals surface area contributed by atoms with Crippen molar-refractivity contribution in [3.8, 4) is 0 Å². The predicted molar refractivity (Wildman–Crippen MR) is 101 cm³/mol. The van der Waals surface area contributed by atoms with E-state index in [4.69, 9.17) is 0 Å². The molecule has 0 N–H and O–H groups in total. The highest BCUT2D eigenvalue weighted by atomic mass is 32.1. The van der Waals surface area contributed by atoms with Gasteiger partial charge < -0.3 is 4.90 Å². The zero-order chi connectivity index (χ0) is 16.4. The van der Waals surface area contributed by atoms with Crippen LogP contribution in [0.15, 0.2) is 49.2 Å². The molecule has 2 heterocycles. The average Bonchev–Trinajstić information content (AvgIpc) is 2.90. The Bertz CT molecular complexity index is 831. The lowest BCUT2D eigenvalue weighted by Crippen LogP contribution is -2.15. The minimum absolute atomic E-state index is 0.957. The van der Waals surface area contributed by atoms with Gasteiger partial charge in [-0.3, -0.25) is 4.98 Å². The number of hydrogen-bond donors (Lipinski definition) is 0. The number of thiophene rings is 1. The number of fused-ring (bicyclic) bond motifs is 1. The number of benzene rings is 1. The molecule has 0 unspecified atom stereocenters. The second kappa shape index (κ2) is 6.65. The van der Waals surface area contributed by atoms with Crippen molar-refractivity contribution >= 4 is 27.0 Å². The molecule has 3 aromatic rings. The van der Waals surface area contributed by atoms with E-state index in [1.165, 1.54) is 26.1 Å². The van der Waals surface area contributed by atoms with Crippen LogP contribution in [0.25, 0.3) is 15.7 Å². The van der Waals surface area contributed by atoms with Crippen molar-refractivity contribution < 1.29 is 0 Å². The summed E-state index contributed by atoms with van der Waals surface area (Å²) in [6.45, 7) is 7.54. The molecule has 118 valence electrons. The van der Waals surface area contributed by atoms with Crippen LogP contribution in [-0.2, 0) is 6.42 Å². The third-order valence-corrected chi connectivity index (χ3v) is 5.19. The standard InChI is InChI=1S/C20H22N2S/c1-14-8-9-16-19(13-14)23-18(10-12-22(3)4)20(16)15(2)17-7-5-6-11-21-17/h5-9,11,13H,2,10,12H2,1,3-4H3. The van der Waals surface area contributed by atoms with E-state index in [-0.39, 0.29) is 0 Å². The summed E-state index contributed by atoms with van der Waals surface area (Å²) < 4.78 is 1.34. The first kappa shape index (κ1) is 15.9. The summed E-state index contributed by atoms with van der Waals surface area (Å²) in [7, 11) is 4.23. The Morgan fingerprint density at radius 1 is 1.22 bits per heavy atom. The third kappa shape index (κ3) is 3.36. The highest BCUT2D eigenvalue weighted by molar-refractivity contribution is 7.19. The molecule has 0 spiro atoms. The van der Waals surface area contributed by atoms with E-state index in [1.54, 1.807) is 0 Å². The summed E-state index contributed by atoms with van der Waals surface area (Å²) in [4.78, 5) is 8.11. The number of pyridine rings is 1. The fraction of sp³-hybridized carbons (Fsp3) is 0.250. The van der Waals surface area contributed by atoms with E-state index in [1.807, 2.05) is 35.7 Å². The molecule has 0 atom stereocenters. The van der Waals surface area contributed by atoms with Gasteiger partial charge in [-0.25, -0.2) is 0 Å². The predicted octanol–water partition coefficient (Wildman–Crippen LogP) is 4.77. The van der Waals surface area contributed by atoms with Crippen LogP contribution in [0, 0.1) is 6.92 Å². The molecule has 3 heteroatoms. The van der Waals surface area contributed by atoms with Gasteiger partial charge in [0.25, 0.3) is 0 Å². The molecule has 0 aliphatic carbocycles. The van der Waals surface area contributed by atoms with E-state index >= 15 is 0 Å². The number of likely N-dealkylation sites (N-methyl/N-ethyl adjacent to an activating group) is 1. The van der Waals surface area contributed by atoms with Crippen molar-refractivity contribution in [3.05, 3.63) is 70.9 Å². The van der Waals surface area contributed by atoms with Crippen LogP contribution in [-0.4, -0.2) is 30.5 Å². The molecule has 2 nitrogen and oxygen atoms in total. The Labute approximate surface area is 142 Å². The van der Waals surface area contributed by atoms with Gasteiger partial charge in [0.15, 0.2) is 0 Å². The van der Waals surface area contributed by atoms with E-state index in [0.29, 0.717) is 0 Å². The van der Waals surface area contributed by atoms with Crippen LogP contribution in [0.1, 0.15) is 21.7 Å². The van der Waals surface area contributed by atoms with Crippen molar-refractivity contribution in [2.75, 3.05) is 20.6 Å². The molecule has 2 aromatic heterocycles. The van der Waals surface area contributed by atoms with Gasteiger partial charge in [0.1, 0.15) is 0 Å². The molecule has 0 aliphatic heterocycles. The molecule has 0 saturated heterocycles. The highest BCUT2D eigenvalue weighted by Gasteiger charge is 2.16. The summed E-state index contributed by atoms with van der Waals surface area (Å²) in [5.74, 6) is 0. The Morgan fingerprint density at radius 3 is 2.74 bits per heavy atom. The fourth-order valence-corrected chi connectivity index (χ4v) is 4.07. The maximum Gasteiger partial charge on any atom is 0.0702 e. The average molecular weight is 322 g/mol. The summed E-state index contributed by atoms with van der Waals surface area (Å²) in [6, 6.07) is 12.7. The topological polar surface area (TPSA) is 16.1 Å². The molecule has 3 rings (SSSR count). The maximum absolute atomic E-state index is 4.49. The lowest BCUT2D eigenvalue weighted by molar-refractivity contribution is 0.415. The second-order valence-corrected chi connectivity index (χ2v) is 7.28. The highest BCUT2D eigenvalue weighted by Crippen LogP contribution is 2.38. The first-order chi connectivity index (χ1) is 11.1. The van der Waals surface area contributed by atoms with Crippen molar-refractivity contribution in [2.45, 2.75) is 13.3 Å². The maximum atomic E-state index is 4.49. The van der Waals surface area contributed by atoms with Crippen LogP contribution in [0.5, 0.6) is 0 Å². The number of nitrogens with zero attached hydrogens (tertiary/aromatic N) is 2. The van der Waals surface area contributed by atoms with Crippen LogP contribution in [0.3, 0.4) is 0 Å². The molecule has 0 aliphatic rings. The number of aryl methyl sites for hydroxylation is 1. The van der Waals surface area contributed by atoms with Gasteiger partial charge in [0, 0.05) is 38.8 Å². The Morgan fingerprint density at radius 2 is 2.04 bits per heavy atom. The molecule has 0 amide bonds. The van der Waals surface area contributed by atoms with Gasteiger partial charge in [-0.15, -0.1) is 11.3 Å². The molecule has 0 saturated carbocycles. The zero-order valence-electron chi connectivity index (χ0n) is 14.0. The zero-order valence-corrected chi connectivity index (χ0v) is 14.8. The molecular formula is C20H22N2S. The molecular weight excluding hydrogens is 300 g/mol. The van der Waals surface area contributed by atoms with Crippen LogP contribution in [0.2, 0.25) is 0 Å². The number of rotatable bonds is 5.